The van der Waals surface area contributed by atoms with E-state index in [4.69, 9.17) is 21.4 Å². The Labute approximate surface area is 115 Å². The highest BCUT2D eigenvalue weighted by Crippen LogP contribution is 2.29. The van der Waals surface area contributed by atoms with Crippen LogP contribution in [0, 0.1) is 11.7 Å². The number of carboxylic acid groups (broad SMARTS) is 1. The zero-order valence-corrected chi connectivity index (χ0v) is 11.0. The molecule has 0 amide bonds. The molecule has 0 radical (unpaired) electrons. The van der Waals surface area contributed by atoms with Gasteiger partial charge in [0.1, 0.15) is 11.6 Å². The summed E-state index contributed by atoms with van der Waals surface area (Å²) in [7, 11) is 0. The molecule has 2 rings (SSSR count). The Kier molecular flexibility index (Phi) is 4.43. The summed E-state index contributed by atoms with van der Waals surface area (Å²) in [4.78, 5) is 10.7. The van der Waals surface area contributed by atoms with E-state index in [9.17, 15) is 9.18 Å². The molecule has 5 heteroatoms. The molecule has 0 aliphatic heterocycles. The Morgan fingerprint density at radius 1 is 1.47 bits per heavy atom. The van der Waals surface area contributed by atoms with Crippen molar-refractivity contribution in [3.05, 3.63) is 40.7 Å². The molecule has 1 N–H and O–H groups in total. The largest absolute Gasteiger partial charge is 0.492 e. The third-order valence-electron chi connectivity index (χ3n) is 3.10. The monoisotopic (exact) mass is 284 g/mol. The number of halogens is 2. The number of hydrogen-bond acceptors (Lipinski definition) is 2. The van der Waals surface area contributed by atoms with Crippen molar-refractivity contribution in [2.45, 2.75) is 19.3 Å². The van der Waals surface area contributed by atoms with Crippen molar-refractivity contribution in [2.75, 3.05) is 6.61 Å². The van der Waals surface area contributed by atoms with E-state index < -0.39 is 17.3 Å². The third kappa shape index (κ3) is 3.47. The lowest BCUT2D eigenvalue weighted by atomic mass is 9.95. The van der Waals surface area contributed by atoms with Gasteiger partial charge in [0, 0.05) is 6.07 Å². The molecular formula is C14H14ClFO3. The molecule has 0 fully saturated rings. The highest BCUT2D eigenvalue weighted by molar-refractivity contribution is 6.32. The van der Waals surface area contributed by atoms with E-state index in [0.29, 0.717) is 12.5 Å². The molecule has 19 heavy (non-hydrogen) atoms. The highest BCUT2D eigenvalue weighted by atomic mass is 35.5. The van der Waals surface area contributed by atoms with Crippen molar-refractivity contribution in [3.8, 4) is 5.75 Å². The van der Waals surface area contributed by atoms with Gasteiger partial charge in [-0.1, -0.05) is 23.8 Å². The predicted molar refractivity (Wildman–Crippen MR) is 70.3 cm³/mol. The number of aromatic carboxylic acids is 1. The van der Waals surface area contributed by atoms with Gasteiger partial charge in [-0.25, -0.2) is 9.18 Å². The molecule has 1 aromatic rings. The lowest BCUT2D eigenvalue weighted by Gasteiger charge is -2.18. The molecule has 1 aliphatic carbocycles. The Morgan fingerprint density at radius 2 is 2.26 bits per heavy atom. The molecule has 1 atom stereocenters. The molecular weight excluding hydrogens is 271 g/mol. The fourth-order valence-electron chi connectivity index (χ4n) is 2.02. The molecule has 3 nitrogen and oxygen atoms in total. The number of ether oxygens (including phenoxy) is 1. The van der Waals surface area contributed by atoms with Gasteiger partial charge in [0.15, 0.2) is 0 Å². The second-order valence-corrected chi connectivity index (χ2v) is 4.94. The summed E-state index contributed by atoms with van der Waals surface area (Å²) in [5, 5.41) is 8.88. The first kappa shape index (κ1) is 13.9. The fraction of sp³-hybridized carbons (Fsp3) is 0.357. The first-order valence-corrected chi connectivity index (χ1v) is 6.46. The van der Waals surface area contributed by atoms with Crippen LogP contribution < -0.4 is 4.74 Å². The van der Waals surface area contributed by atoms with Crippen molar-refractivity contribution in [1.29, 1.82) is 0 Å². The Hall–Kier alpha value is -1.55. The number of hydrogen-bond donors (Lipinski definition) is 1. The molecule has 1 aromatic carbocycles. The zero-order valence-electron chi connectivity index (χ0n) is 10.2. The molecule has 0 bridgehead atoms. The van der Waals surface area contributed by atoms with Crippen LogP contribution in [0.2, 0.25) is 5.02 Å². The normalized spacial score (nSPS) is 18.3. The maximum absolute atomic E-state index is 13.5. The molecule has 1 unspecified atom stereocenters. The first-order chi connectivity index (χ1) is 9.08. The number of carboxylic acids is 1. The van der Waals surface area contributed by atoms with Crippen molar-refractivity contribution < 1.29 is 19.0 Å². The van der Waals surface area contributed by atoms with Crippen molar-refractivity contribution >= 4 is 17.6 Å². The van der Waals surface area contributed by atoms with E-state index in [1.165, 1.54) is 0 Å². The van der Waals surface area contributed by atoms with Crippen molar-refractivity contribution in [3.63, 3.8) is 0 Å². The highest BCUT2D eigenvalue weighted by Gasteiger charge is 2.16. The summed E-state index contributed by atoms with van der Waals surface area (Å²) in [6.07, 6.45) is 7.23. The average molecular weight is 285 g/mol. The van der Waals surface area contributed by atoms with Gasteiger partial charge in [0.2, 0.25) is 0 Å². The third-order valence-corrected chi connectivity index (χ3v) is 3.40. The van der Waals surface area contributed by atoms with Crippen LogP contribution in [0.1, 0.15) is 29.6 Å². The quantitative estimate of drug-likeness (QED) is 0.853. The van der Waals surface area contributed by atoms with Crippen LogP contribution >= 0.6 is 11.6 Å². The minimum Gasteiger partial charge on any atom is -0.492 e. The number of rotatable bonds is 4. The standard InChI is InChI=1S/C14H14ClFO3/c15-11-6-10(14(17)18)12(16)7-13(11)19-8-9-4-2-1-3-5-9/h1-2,6-7,9H,3-5,8H2,(H,17,18). The summed E-state index contributed by atoms with van der Waals surface area (Å²) in [5.41, 5.74) is -0.446. The summed E-state index contributed by atoms with van der Waals surface area (Å²) >= 11 is 5.89. The molecule has 0 spiro atoms. The van der Waals surface area contributed by atoms with Gasteiger partial charge < -0.3 is 9.84 Å². The lowest BCUT2D eigenvalue weighted by molar-refractivity contribution is 0.0692. The summed E-state index contributed by atoms with van der Waals surface area (Å²) in [5.74, 6) is -1.60. The zero-order chi connectivity index (χ0) is 13.8. The molecule has 1 aliphatic rings. The van der Waals surface area contributed by atoms with Gasteiger partial charge in [0.25, 0.3) is 0 Å². The number of allylic oxidation sites excluding steroid dienone is 2. The topological polar surface area (TPSA) is 46.5 Å². The first-order valence-electron chi connectivity index (χ1n) is 6.08. The minimum atomic E-state index is -1.34. The van der Waals surface area contributed by atoms with Crippen LogP contribution in [0.25, 0.3) is 0 Å². The smallest absolute Gasteiger partial charge is 0.338 e. The molecule has 0 saturated carbocycles. The van der Waals surface area contributed by atoms with Gasteiger partial charge in [-0.05, 0) is 31.2 Å². The SMILES string of the molecule is O=C(O)c1cc(Cl)c(OCC2CC=CCC2)cc1F. The van der Waals surface area contributed by atoms with Crippen LogP contribution in [0.3, 0.4) is 0 Å². The van der Waals surface area contributed by atoms with Crippen LogP contribution in [0.5, 0.6) is 5.75 Å². The van der Waals surface area contributed by atoms with Gasteiger partial charge in [-0.15, -0.1) is 0 Å². The van der Waals surface area contributed by atoms with E-state index in [-0.39, 0.29) is 10.8 Å². The van der Waals surface area contributed by atoms with E-state index in [2.05, 4.69) is 12.2 Å². The van der Waals surface area contributed by atoms with Crippen LogP contribution in [0.15, 0.2) is 24.3 Å². The van der Waals surface area contributed by atoms with Crippen molar-refractivity contribution in [1.82, 2.24) is 0 Å². The maximum atomic E-state index is 13.5. The Balaban J connectivity index is 2.06. The maximum Gasteiger partial charge on any atom is 0.338 e. The van der Waals surface area contributed by atoms with E-state index in [1.54, 1.807) is 0 Å². The Bertz CT molecular complexity index is 514. The molecule has 0 heterocycles. The average Bonchev–Trinajstić information content (AvgIpc) is 2.40. The number of carbonyl (C=O) groups is 1. The van der Waals surface area contributed by atoms with Gasteiger partial charge >= 0.3 is 5.97 Å². The van der Waals surface area contributed by atoms with Crippen LogP contribution in [-0.4, -0.2) is 17.7 Å². The number of benzene rings is 1. The van der Waals surface area contributed by atoms with Crippen LogP contribution in [-0.2, 0) is 0 Å². The Morgan fingerprint density at radius 3 is 2.89 bits per heavy atom. The summed E-state index contributed by atoms with van der Waals surface area (Å²) in [6, 6.07) is 2.11. The van der Waals surface area contributed by atoms with Gasteiger partial charge in [-0.3, -0.25) is 0 Å². The molecule has 0 saturated heterocycles. The molecule has 102 valence electrons. The second-order valence-electron chi connectivity index (χ2n) is 4.53. The lowest BCUT2D eigenvalue weighted by Crippen LogP contribution is -2.13. The predicted octanol–water partition coefficient (Wildman–Crippen LogP) is 3.91. The van der Waals surface area contributed by atoms with E-state index in [1.807, 2.05) is 0 Å². The minimum absolute atomic E-state index is 0.116. The molecule has 0 aromatic heterocycles. The summed E-state index contributed by atoms with van der Waals surface area (Å²) < 4.78 is 19.0. The fourth-order valence-corrected chi connectivity index (χ4v) is 2.24. The van der Waals surface area contributed by atoms with Crippen molar-refractivity contribution in [2.24, 2.45) is 5.92 Å². The summed E-state index contributed by atoms with van der Waals surface area (Å²) in [6.45, 7) is 0.454. The van der Waals surface area contributed by atoms with E-state index in [0.717, 1.165) is 31.4 Å². The second kappa shape index (κ2) is 6.06. The van der Waals surface area contributed by atoms with E-state index >= 15 is 0 Å². The van der Waals surface area contributed by atoms with Gasteiger partial charge in [-0.2, -0.15) is 0 Å². The van der Waals surface area contributed by atoms with Crippen LogP contribution in [0.4, 0.5) is 4.39 Å². The van der Waals surface area contributed by atoms with Gasteiger partial charge in [0.05, 0.1) is 17.2 Å².